The number of aryl methyl sites for hydroxylation is 1. The molecule has 10 heteroatoms. The first-order valence-electron chi connectivity index (χ1n) is 14.2. The molecule has 2 amide bonds. The smallest absolute Gasteiger partial charge is 0.264 e. The highest BCUT2D eigenvalue weighted by atomic mass is 35.5. The highest BCUT2D eigenvalue weighted by molar-refractivity contribution is 7.92. The first kappa shape index (κ1) is 32.6. The van der Waals surface area contributed by atoms with E-state index in [0.29, 0.717) is 23.0 Å². The Morgan fingerprint density at radius 3 is 2.09 bits per heavy atom. The molecule has 4 aromatic carbocycles. The predicted octanol–water partition coefficient (Wildman–Crippen LogP) is 5.63. The lowest BCUT2D eigenvalue weighted by molar-refractivity contribution is -0.140. The summed E-state index contributed by atoms with van der Waals surface area (Å²) >= 11 is 6.12. The van der Waals surface area contributed by atoms with Crippen molar-refractivity contribution < 1.29 is 22.7 Å². The number of nitrogens with zero attached hydrogens (tertiary/aromatic N) is 2. The van der Waals surface area contributed by atoms with Crippen LogP contribution in [0.1, 0.15) is 23.6 Å². The van der Waals surface area contributed by atoms with Crippen LogP contribution in [-0.2, 0) is 32.6 Å². The molecule has 0 fully saturated rings. The molecule has 0 aliphatic rings. The molecule has 0 heterocycles. The van der Waals surface area contributed by atoms with Gasteiger partial charge in [0.2, 0.25) is 11.8 Å². The van der Waals surface area contributed by atoms with E-state index in [-0.39, 0.29) is 23.8 Å². The third kappa shape index (κ3) is 8.18. The summed E-state index contributed by atoms with van der Waals surface area (Å²) in [5, 5.41) is 3.39. The van der Waals surface area contributed by atoms with Gasteiger partial charge in [0.05, 0.1) is 17.7 Å². The normalized spacial score (nSPS) is 11.8. The van der Waals surface area contributed by atoms with E-state index in [2.05, 4.69) is 5.32 Å². The van der Waals surface area contributed by atoms with Gasteiger partial charge in [0, 0.05) is 24.5 Å². The van der Waals surface area contributed by atoms with E-state index < -0.39 is 28.5 Å². The molecular weight excluding hydrogens is 598 g/mol. The van der Waals surface area contributed by atoms with Crippen LogP contribution in [0.3, 0.4) is 0 Å². The number of rotatable bonds is 13. The molecule has 0 radical (unpaired) electrons. The molecule has 0 spiro atoms. The Kier molecular flexibility index (Phi) is 11.0. The largest absolute Gasteiger partial charge is 0.497 e. The third-order valence-corrected chi connectivity index (χ3v) is 9.18. The van der Waals surface area contributed by atoms with E-state index in [1.165, 1.54) is 24.1 Å². The van der Waals surface area contributed by atoms with Crippen LogP contribution in [0.25, 0.3) is 0 Å². The number of carbonyl (C=O) groups excluding carboxylic acids is 2. The maximum Gasteiger partial charge on any atom is 0.264 e. The number of halogens is 1. The molecule has 0 saturated carbocycles. The summed E-state index contributed by atoms with van der Waals surface area (Å²) in [6.07, 6.45) is 0.238. The summed E-state index contributed by atoms with van der Waals surface area (Å²) in [5.41, 5.74) is 2.86. The van der Waals surface area contributed by atoms with Crippen molar-refractivity contribution in [3.63, 3.8) is 0 Å². The SMILES string of the molecule is CCNC(=O)C(Cc1ccccc1)N(Cc1ccc(Cl)cc1)C(=O)CN(c1ccc(C)cc1)S(=O)(=O)c1ccc(OC)cc1. The number of methoxy groups -OCH3 is 1. The second-order valence-electron chi connectivity index (χ2n) is 10.3. The van der Waals surface area contributed by atoms with Gasteiger partial charge in [-0.2, -0.15) is 0 Å². The second kappa shape index (κ2) is 14.9. The molecule has 0 bridgehead atoms. The van der Waals surface area contributed by atoms with Crippen molar-refractivity contribution in [3.8, 4) is 5.75 Å². The van der Waals surface area contributed by atoms with E-state index in [9.17, 15) is 18.0 Å². The third-order valence-electron chi connectivity index (χ3n) is 7.14. The second-order valence-corrected chi connectivity index (χ2v) is 12.6. The van der Waals surface area contributed by atoms with Crippen molar-refractivity contribution in [1.82, 2.24) is 10.2 Å². The molecule has 1 unspecified atom stereocenters. The Morgan fingerprint density at radius 2 is 1.50 bits per heavy atom. The van der Waals surface area contributed by atoms with Crippen molar-refractivity contribution in [2.75, 3.05) is 24.5 Å². The van der Waals surface area contributed by atoms with Crippen molar-refractivity contribution >= 4 is 39.1 Å². The quantitative estimate of drug-likeness (QED) is 0.206. The Morgan fingerprint density at radius 1 is 0.864 bits per heavy atom. The van der Waals surface area contributed by atoms with Gasteiger partial charge in [-0.3, -0.25) is 13.9 Å². The molecule has 1 N–H and O–H groups in total. The van der Waals surface area contributed by atoms with E-state index in [4.69, 9.17) is 16.3 Å². The molecule has 8 nitrogen and oxygen atoms in total. The summed E-state index contributed by atoms with van der Waals surface area (Å²) in [5.74, 6) is -0.370. The number of anilines is 1. The zero-order chi connectivity index (χ0) is 31.7. The molecule has 0 aliphatic heterocycles. The van der Waals surface area contributed by atoms with Gasteiger partial charge < -0.3 is 15.0 Å². The first-order chi connectivity index (χ1) is 21.1. The minimum absolute atomic E-state index is 0.000452. The van der Waals surface area contributed by atoms with Crippen LogP contribution in [0.2, 0.25) is 5.02 Å². The standard InChI is InChI=1S/C34H36ClN3O5S/c1-4-36-34(40)32(22-26-8-6-5-7-9-26)37(23-27-12-14-28(35)15-13-27)33(39)24-38(29-16-10-25(2)11-17-29)44(41,42)31-20-18-30(43-3)19-21-31/h5-21,32H,4,22-24H2,1-3H3,(H,36,40). The number of ether oxygens (including phenoxy) is 1. The molecule has 0 aliphatic carbocycles. The van der Waals surface area contributed by atoms with Gasteiger partial charge in [-0.1, -0.05) is 71.8 Å². The maximum atomic E-state index is 14.4. The van der Waals surface area contributed by atoms with Crippen molar-refractivity contribution in [2.24, 2.45) is 0 Å². The Labute approximate surface area is 264 Å². The highest BCUT2D eigenvalue weighted by Crippen LogP contribution is 2.27. The lowest BCUT2D eigenvalue weighted by atomic mass is 10.0. The molecule has 4 rings (SSSR count). The molecule has 0 saturated heterocycles. The van der Waals surface area contributed by atoms with Crippen LogP contribution in [0.4, 0.5) is 5.69 Å². The lowest BCUT2D eigenvalue weighted by Crippen LogP contribution is -2.53. The monoisotopic (exact) mass is 633 g/mol. The van der Waals surface area contributed by atoms with E-state index in [1.54, 1.807) is 60.7 Å². The van der Waals surface area contributed by atoms with Gasteiger partial charge in [-0.05, 0) is 73.5 Å². The van der Waals surface area contributed by atoms with Gasteiger partial charge in [0.15, 0.2) is 0 Å². The Bertz CT molecular complexity index is 1650. The number of benzene rings is 4. The molecule has 1 atom stereocenters. The zero-order valence-corrected chi connectivity index (χ0v) is 26.5. The number of sulfonamides is 1. The van der Waals surface area contributed by atoms with Crippen molar-refractivity contribution in [2.45, 2.75) is 37.8 Å². The lowest BCUT2D eigenvalue weighted by Gasteiger charge is -2.34. The maximum absolute atomic E-state index is 14.4. The van der Waals surface area contributed by atoms with Gasteiger partial charge in [0.1, 0.15) is 18.3 Å². The average molecular weight is 634 g/mol. The first-order valence-corrected chi connectivity index (χ1v) is 16.0. The number of nitrogens with one attached hydrogen (secondary N) is 1. The Hall–Kier alpha value is -4.34. The van der Waals surface area contributed by atoms with Crippen LogP contribution in [-0.4, -0.2) is 51.4 Å². The summed E-state index contributed by atoms with van der Waals surface area (Å²) in [7, 11) is -2.71. The van der Waals surface area contributed by atoms with E-state index in [0.717, 1.165) is 21.0 Å². The predicted molar refractivity (Wildman–Crippen MR) is 173 cm³/mol. The van der Waals surface area contributed by atoms with E-state index >= 15 is 0 Å². The zero-order valence-electron chi connectivity index (χ0n) is 24.9. The summed E-state index contributed by atoms with van der Waals surface area (Å²) in [6.45, 7) is 3.61. The van der Waals surface area contributed by atoms with Crippen LogP contribution < -0.4 is 14.4 Å². The topological polar surface area (TPSA) is 96.0 Å². The van der Waals surface area contributed by atoms with Crippen LogP contribution in [0.5, 0.6) is 5.75 Å². The van der Waals surface area contributed by atoms with Gasteiger partial charge in [-0.15, -0.1) is 0 Å². The van der Waals surface area contributed by atoms with Crippen molar-refractivity contribution in [1.29, 1.82) is 0 Å². The van der Waals surface area contributed by atoms with Gasteiger partial charge in [0.25, 0.3) is 10.0 Å². The summed E-state index contributed by atoms with van der Waals surface area (Å²) in [4.78, 5) is 29.4. The number of hydrogen-bond donors (Lipinski definition) is 1. The minimum atomic E-state index is -4.20. The fraction of sp³-hybridized carbons (Fsp3) is 0.235. The van der Waals surface area contributed by atoms with Crippen LogP contribution >= 0.6 is 11.6 Å². The fourth-order valence-electron chi connectivity index (χ4n) is 4.75. The number of likely N-dealkylation sites (N-methyl/N-ethyl adjacent to an activating group) is 1. The number of hydrogen-bond acceptors (Lipinski definition) is 5. The van der Waals surface area contributed by atoms with E-state index in [1.807, 2.05) is 44.2 Å². The molecule has 44 heavy (non-hydrogen) atoms. The fourth-order valence-corrected chi connectivity index (χ4v) is 6.29. The van der Waals surface area contributed by atoms with Crippen LogP contribution in [0, 0.1) is 6.92 Å². The van der Waals surface area contributed by atoms with Gasteiger partial charge >= 0.3 is 0 Å². The average Bonchev–Trinajstić information content (AvgIpc) is 3.03. The molecule has 230 valence electrons. The van der Waals surface area contributed by atoms with Gasteiger partial charge in [-0.25, -0.2) is 8.42 Å². The highest BCUT2D eigenvalue weighted by Gasteiger charge is 2.34. The summed E-state index contributed by atoms with van der Waals surface area (Å²) < 4.78 is 34.5. The molecule has 4 aromatic rings. The molecular formula is C34H36ClN3O5S. The Balaban J connectivity index is 1.78. The minimum Gasteiger partial charge on any atom is -0.497 e. The van der Waals surface area contributed by atoms with Crippen LogP contribution in [0.15, 0.2) is 108 Å². The molecule has 0 aromatic heterocycles. The summed E-state index contributed by atoms with van der Waals surface area (Å²) in [6, 6.07) is 28.4. The number of carbonyl (C=O) groups is 2. The van der Waals surface area contributed by atoms with Crippen molar-refractivity contribution in [3.05, 3.63) is 125 Å². The number of amides is 2.